The Balaban J connectivity index is 2.09. The zero-order valence-corrected chi connectivity index (χ0v) is 13.2. The Bertz CT molecular complexity index is 457. The Morgan fingerprint density at radius 1 is 1.23 bits per heavy atom. The third kappa shape index (κ3) is 3.59. The molecular weight excluding hydrogens is 280 g/mol. The summed E-state index contributed by atoms with van der Waals surface area (Å²) < 4.78 is 11.1. The number of hydrogen-bond donors (Lipinski definition) is 0. The molecule has 2 atom stereocenters. The minimum Gasteiger partial charge on any atom is -0.466 e. The predicted molar refractivity (Wildman–Crippen MR) is 79.4 cm³/mol. The van der Waals surface area contributed by atoms with Gasteiger partial charge in [-0.25, -0.2) is 0 Å². The van der Waals surface area contributed by atoms with E-state index in [4.69, 9.17) is 9.47 Å². The SMILES string of the molecule is CCOC(=O)C[C@H]1O[C@@H](C2CCCCC2)CCC1(C#N)C#N. The van der Waals surface area contributed by atoms with Crippen LogP contribution in [-0.2, 0) is 14.3 Å². The maximum absolute atomic E-state index is 11.8. The fraction of sp³-hybridized carbons (Fsp3) is 0.824. The van der Waals surface area contributed by atoms with Gasteiger partial charge in [0.1, 0.15) is 6.10 Å². The molecule has 1 saturated carbocycles. The summed E-state index contributed by atoms with van der Waals surface area (Å²) in [7, 11) is 0. The van der Waals surface area contributed by atoms with Gasteiger partial charge in [0, 0.05) is 0 Å². The maximum atomic E-state index is 11.8. The van der Waals surface area contributed by atoms with Crippen molar-refractivity contribution in [1.29, 1.82) is 10.5 Å². The van der Waals surface area contributed by atoms with Crippen molar-refractivity contribution in [3.63, 3.8) is 0 Å². The van der Waals surface area contributed by atoms with Gasteiger partial charge in [0.05, 0.1) is 31.3 Å². The summed E-state index contributed by atoms with van der Waals surface area (Å²) in [5.74, 6) is 0.0977. The lowest BCUT2D eigenvalue weighted by Crippen LogP contribution is -2.46. The van der Waals surface area contributed by atoms with Crippen LogP contribution in [-0.4, -0.2) is 24.8 Å². The first-order valence-electron chi connectivity index (χ1n) is 8.28. The molecule has 0 N–H and O–H groups in total. The van der Waals surface area contributed by atoms with Gasteiger partial charge < -0.3 is 9.47 Å². The summed E-state index contributed by atoms with van der Waals surface area (Å²) in [6.45, 7) is 2.04. The molecule has 0 spiro atoms. The number of carbonyl (C=O) groups is 1. The number of esters is 1. The molecule has 1 aliphatic carbocycles. The van der Waals surface area contributed by atoms with E-state index in [1.54, 1.807) is 6.92 Å². The first-order valence-corrected chi connectivity index (χ1v) is 8.28. The average molecular weight is 304 g/mol. The van der Waals surface area contributed by atoms with E-state index in [9.17, 15) is 15.3 Å². The first kappa shape index (κ1) is 16.8. The highest BCUT2D eigenvalue weighted by molar-refractivity contribution is 5.70. The zero-order chi connectivity index (χ0) is 16.0. The van der Waals surface area contributed by atoms with Gasteiger partial charge in [0.2, 0.25) is 0 Å². The van der Waals surface area contributed by atoms with Gasteiger partial charge in [-0.2, -0.15) is 10.5 Å². The molecule has 2 rings (SSSR count). The van der Waals surface area contributed by atoms with Crippen LogP contribution in [0.15, 0.2) is 0 Å². The maximum Gasteiger partial charge on any atom is 0.308 e. The van der Waals surface area contributed by atoms with Gasteiger partial charge in [-0.1, -0.05) is 19.3 Å². The topological polar surface area (TPSA) is 83.1 Å². The number of hydrogen-bond acceptors (Lipinski definition) is 5. The average Bonchev–Trinajstić information content (AvgIpc) is 2.56. The fourth-order valence-corrected chi connectivity index (χ4v) is 3.65. The molecule has 2 fully saturated rings. The van der Waals surface area contributed by atoms with Crippen LogP contribution in [0.1, 0.15) is 58.3 Å². The van der Waals surface area contributed by atoms with Gasteiger partial charge in [-0.3, -0.25) is 4.79 Å². The molecular formula is C17H24N2O3. The second-order valence-electron chi connectivity index (χ2n) is 6.30. The third-order valence-corrected chi connectivity index (χ3v) is 4.94. The molecule has 0 aromatic rings. The van der Waals surface area contributed by atoms with Crippen LogP contribution in [0.2, 0.25) is 0 Å². The van der Waals surface area contributed by atoms with Crippen molar-refractivity contribution >= 4 is 5.97 Å². The summed E-state index contributed by atoms with van der Waals surface area (Å²) in [6.07, 6.45) is 6.57. The Morgan fingerprint density at radius 2 is 1.91 bits per heavy atom. The Kier molecular flexibility index (Phi) is 5.80. The van der Waals surface area contributed by atoms with Crippen molar-refractivity contribution in [2.75, 3.05) is 6.61 Å². The highest BCUT2D eigenvalue weighted by Gasteiger charge is 2.48. The van der Waals surface area contributed by atoms with Crippen LogP contribution in [0.25, 0.3) is 0 Å². The van der Waals surface area contributed by atoms with Crippen LogP contribution in [0.5, 0.6) is 0 Å². The number of nitrogens with zero attached hydrogens (tertiary/aromatic N) is 2. The van der Waals surface area contributed by atoms with Crippen molar-refractivity contribution in [2.24, 2.45) is 11.3 Å². The molecule has 0 aromatic heterocycles. The van der Waals surface area contributed by atoms with Crippen molar-refractivity contribution < 1.29 is 14.3 Å². The molecule has 0 radical (unpaired) electrons. The fourth-order valence-electron chi connectivity index (χ4n) is 3.65. The minimum atomic E-state index is -1.22. The number of nitriles is 2. The number of ether oxygens (including phenoxy) is 2. The quantitative estimate of drug-likeness (QED) is 0.745. The molecule has 2 aliphatic rings. The first-order chi connectivity index (χ1) is 10.6. The monoisotopic (exact) mass is 304 g/mol. The van der Waals surface area contributed by atoms with E-state index in [1.807, 2.05) is 0 Å². The van der Waals surface area contributed by atoms with Crippen molar-refractivity contribution in [2.45, 2.75) is 70.5 Å². The second kappa shape index (κ2) is 7.61. The van der Waals surface area contributed by atoms with E-state index in [-0.39, 0.29) is 12.5 Å². The Morgan fingerprint density at radius 3 is 2.50 bits per heavy atom. The van der Waals surface area contributed by atoms with E-state index in [0.717, 1.165) is 19.3 Å². The third-order valence-electron chi connectivity index (χ3n) is 4.94. The molecule has 0 aromatic carbocycles. The van der Waals surface area contributed by atoms with Gasteiger partial charge in [0.25, 0.3) is 0 Å². The lowest BCUT2D eigenvalue weighted by molar-refractivity contribution is -0.158. The molecule has 120 valence electrons. The summed E-state index contributed by atoms with van der Waals surface area (Å²) in [4.78, 5) is 11.8. The van der Waals surface area contributed by atoms with Gasteiger partial charge in [0.15, 0.2) is 5.41 Å². The van der Waals surface area contributed by atoms with Crippen LogP contribution < -0.4 is 0 Å². The van der Waals surface area contributed by atoms with E-state index >= 15 is 0 Å². The molecule has 22 heavy (non-hydrogen) atoms. The summed E-state index contributed by atoms with van der Waals surface area (Å²) in [6, 6.07) is 4.19. The van der Waals surface area contributed by atoms with E-state index in [2.05, 4.69) is 12.1 Å². The van der Waals surface area contributed by atoms with Gasteiger partial charge in [-0.15, -0.1) is 0 Å². The normalized spacial score (nSPS) is 28.3. The Labute approximate surface area is 132 Å². The van der Waals surface area contributed by atoms with Crippen molar-refractivity contribution in [3.8, 4) is 12.1 Å². The largest absolute Gasteiger partial charge is 0.466 e. The molecule has 0 bridgehead atoms. The Hall–Kier alpha value is -1.59. The lowest BCUT2D eigenvalue weighted by Gasteiger charge is -2.41. The van der Waals surface area contributed by atoms with Gasteiger partial charge >= 0.3 is 5.97 Å². The van der Waals surface area contributed by atoms with Gasteiger partial charge in [-0.05, 0) is 38.5 Å². The predicted octanol–water partition coefficient (Wildman–Crippen LogP) is 3.10. The highest BCUT2D eigenvalue weighted by atomic mass is 16.5. The van der Waals surface area contributed by atoms with Crippen molar-refractivity contribution in [1.82, 2.24) is 0 Å². The number of carbonyl (C=O) groups excluding carboxylic acids is 1. The molecule has 1 saturated heterocycles. The zero-order valence-electron chi connectivity index (χ0n) is 13.2. The van der Waals surface area contributed by atoms with Crippen molar-refractivity contribution in [3.05, 3.63) is 0 Å². The summed E-state index contributed by atoms with van der Waals surface area (Å²) in [5.41, 5.74) is -1.22. The smallest absolute Gasteiger partial charge is 0.308 e. The number of rotatable bonds is 4. The molecule has 5 nitrogen and oxygen atoms in total. The molecule has 1 heterocycles. The molecule has 0 unspecified atom stereocenters. The summed E-state index contributed by atoms with van der Waals surface area (Å²) >= 11 is 0. The van der Waals surface area contributed by atoms with Crippen LogP contribution in [0.3, 0.4) is 0 Å². The van der Waals surface area contributed by atoms with Crippen LogP contribution in [0.4, 0.5) is 0 Å². The molecule has 5 heteroatoms. The van der Waals surface area contributed by atoms with Crippen LogP contribution >= 0.6 is 0 Å². The molecule has 0 amide bonds. The summed E-state index contributed by atoms with van der Waals surface area (Å²) in [5, 5.41) is 18.9. The molecule has 1 aliphatic heterocycles. The van der Waals surface area contributed by atoms with E-state index in [0.29, 0.717) is 18.9 Å². The minimum absolute atomic E-state index is 0.0157. The lowest BCUT2D eigenvalue weighted by atomic mass is 9.73. The van der Waals surface area contributed by atoms with E-state index in [1.165, 1.54) is 19.3 Å². The van der Waals surface area contributed by atoms with Crippen LogP contribution in [0, 0.1) is 34.0 Å². The highest BCUT2D eigenvalue weighted by Crippen LogP contribution is 2.42. The standard InChI is InChI=1S/C17H24N2O3/c1-2-21-16(20)10-15-17(11-18,12-19)9-8-14(22-15)13-6-4-3-5-7-13/h13-15H,2-10H2,1H3/t14-,15-/m1/s1. The second-order valence-corrected chi connectivity index (χ2v) is 6.30. The van der Waals surface area contributed by atoms with E-state index < -0.39 is 17.5 Å².